The molecule has 0 aliphatic heterocycles. The summed E-state index contributed by atoms with van der Waals surface area (Å²) in [6.07, 6.45) is 7.57. The molecule has 4 nitrogen and oxygen atoms in total. The highest BCUT2D eigenvalue weighted by Gasteiger charge is 2.20. The Balaban J connectivity index is 0.000000177. The summed E-state index contributed by atoms with van der Waals surface area (Å²) in [5.74, 6) is 2.61. The largest absolute Gasteiger partial charge is 0.299 e. The van der Waals surface area contributed by atoms with Crippen LogP contribution in [0, 0.1) is 19.3 Å². The van der Waals surface area contributed by atoms with Crippen LogP contribution in [0.25, 0.3) is 0 Å². The van der Waals surface area contributed by atoms with E-state index in [1.165, 1.54) is 36.1 Å². The number of hydrogen-bond donors (Lipinski definition) is 2. The first-order valence-corrected chi connectivity index (χ1v) is 9.14. The van der Waals surface area contributed by atoms with Gasteiger partial charge in [0.25, 0.3) is 10.1 Å². The molecule has 0 amide bonds. The van der Waals surface area contributed by atoms with E-state index >= 15 is 0 Å². The summed E-state index contributed by atoms with van der Waals surface area (Å²) in [5, 5.41) is 3.35. The first kappa shape index (κ1) is 18.2. The van der Waals surface area contributed by atoms with Crippen LogP contribution in [0.5, 0.6) is 0 Å². The van der Waals surface area contributed by atoms with Crippen LogP contribution in [0.3, 0.4) is 0 Å². The Morgan fingerprint density at radius 1 is 1.21 bits per heavy atom. The molecule has 0 spiro atoms. The van der Waals surface area contributed by atoms with E-state index in [9.17, 15) is 8.42 Å². The van der Waals surface area contributed by atoms with Crippen molar-refractivity contribution in [1.29, 1.82) is 0 Å². The molecular weight excluding hydrogens is 322 g/mol. The van der Waals surface area contributed by atoms with E-state index in [0.717, 1.165) is 5.56 Å². The lowest BCUT2D eigenvalue weighted by Gasteiger charge is -2.10. The second-order valence-electron chi connectivity index (χ2n) is 5.66. The molecule has 2 aromatic carbocycles. The Morgan fingerprint density at radius 2 is 1.88 bits per heavy atom. The van der Waals surface area contributed by atoms with Crippen LogP contribution in [0.15, 0.2) is 53.4 Å². The average molecular weight is 343 g/mol. The molecule has 0 saturated carbocycles. The minimum Gasteiger partial charge on any atom is -0.299 e. The van der Waals surface area contributed by atoms with Crippen molar-refractivity contribution in [1.82, 2.24) is 5.32 Å². The zero-order valence-electron chi connectivity index (χ0n) is 13.6. The first-order chi connectivity index (χ1) is 11.4. The van der Waals surface area contributed by atoms with E-state index in [2.05, 4.69) is 35.5 Å². The number of aryl methyl sites for hydroxylation is 2. The maximum Gasteiger partial charge on any atom is 0.294 e. The summed E-state index contributed by atoms with van der Waals surface area (Å²) in [7, 11) is -4.02. The van der Waals surface area contributed by atoms with Gasteiger partial charge in [-0.15, -0.1) is 6.42 Å². The standard InChI is InChI=1S/C12H13N.C7H8O3S/c1-2-9-13-12-8-7-10-5-3-4-6-11(10)12;1-6-2-4-7(5-3-6)11(8,9)10/h1,3-6,12-13H,7-9H2;2-5H,1H3,(H,8,9,10)/t12-;/m1./s1. The van der Waals surface area contributed by atoms with Crippen molar-refractivity contribution in [3.05, 3.63) is 65.2 Å². The van der Waals surface area contributed by atoms with E-state index < -0.39 is 10.1 Å². The minimum atomic E-state index is -4.02. The van der Waals surface area contributed by atoms with Gasteiger partial charge in [-0.25, -0.2) is 0 Å². The van der Waals surface area contributed by atoms with Crippen LogP contribution in [0.2, 0.25) is 0 Å². The molecule has 0 heterocycles. The van der Waals surface area contributed by atoms with Gasteiger partial charge in [0.15, 0.2) is 0 Å². The lowest BCUT2D eigenvalue weighted by molar-refractivity contribution is 0.483. The number of hydrogen-bond acceptors (Lipinski definition) is 3. The van der Waals surface area contributed by atoms with Gasteiger partial charge in [0.2, 0.25) is 0 Å². The molecule has 126 valence electrons. The summed E-state index contributed by atoms with van der Waals surface area (Å²) < 4.78 is 29.6. The predicted molar refractivity (Wildman–Crippen MR) is 95.3 cm³/mol. The van der Waals surface area contributed by atoms with Crippen LogP contribution in [-0.4, -0.2) is 19.5 Å². The van der Waals surface area contributed by atoms with Gasteiger partial charge >= 0.3 is 0 Å². The third-order valence-electron chi connectivity index (χ3n) is 3.90. The topological polar surface area (TPSA) is 66.4 Å². The third kappa shape index (κ3) is 4.93. The summed E-state index contributed by atoms with van der Waals surface area (Å²) >= 11 is 0. The summed E-state index contributed by atoms with van der Waals surface area (Å²) in [5.41, 5.74) is 3.85. The monoisotopic (exact) mass is 343 g/mol. The number of nitrogens with one attached hydrogen (secondary N) is 1. The number of benzene rings is 2. The fraction of sp³-hybridized carbons (Fsp3) is 0.263. The highest BCUT2D eigenvalue weighted by Crippen LogP contribution is 2.30. The van der Waals surface area contributed by atoms with Crippen LogP contribution in [0.1, 0.15) is 29.2 Å². The Kier molecular flexibility index (Phi) is 6.16. The average Bonchev–Trinajstić information content (AvgIpc) is 2.96. The molecule has 0 saturated heterocycles. The van der Waals surface area contributed by atoms with E-state index in [1.54, 1.807) is 12.1 Å². The number of fused-ring (bicyclic) bond motifs is 1. The molecule has 0 unspecified atom stereocenters. The number of terminal acetylenes is 1. The highest BCUT2D eigenvalue weighted by atomic mass is 32.2. The molecule has 1 aliphatic carbocycles. The zero-order chi connectivity index (χ0) is 17.6. The Labute approximate surface area is 143 Å². The van der Waals surface area contributed by atoms with E-state index in [-0.39, 0.29) is 4.90 Å². The molecule has 0 aromatic heterocycles. The van der Waals surface area contributed by atoms with E-state index in [1.807, 2.05) is 6.92 Å². The van der Waals surface area contributed by atoms with Gasteiger partial charge < -0.3 is 0 Å². The SMILES string of the molecule is C#CCN[C@@H]1CCc2ccccc21.Cc1ccc(S(=O)(=O)O)cc1. The maximum absolute atomic E-state index is 10.5. The lowest BCUT2D eigenvalue weighted by atomic mass is 10.1. The zero-order valence-corrected chi connectivity index (χ0v) is 14.4. The van der Waals surface area contributed by atoms with Crippen LogP contribution in [0.4, 0.5) is 0 Å². The molecule has 0 fully saturated rings. The van der Waals surface area contributed by atoms with E-state index in [4.69, 9.17) is 11.0 Å². The van der Waals surface area contributed by atoms with Gasteiger partial charge in [-0.05, 0) is 43.0 Å². The second-order valence-corrected chi connectivity index (χ2v) is 7.08. The molecule has 2 aromatic rings. The normalized spacial score (nSPS) is 15.8. The predicted octanol–water partition coefficient (Wildman–Crippen LogP) is 3.14. The summed E-state index contributed by atoms with van der Waals surface area (Å²) in [6, 6.07) is 15.1. The summed E-state index contributed by atoms with van der Waals surface area (Å²) in [4.78, 5) is -0.0666. The second kappa shape index (κ2) is 8.11. The fourth-order valence-electron chi connectivity index (χ4n) is 2.66. The fourth-order valence-corrected chi connectivity index (χ4v) is 3.14. The Hall–Kier alpha value is -2.13. The van der Waals surface area contributed by atoms with Gasteiger partial charge in [-0.1, -0.05) is 47.9 Å². The lowest BCUT2D eigenvalue weighted by Crippen LogP contribution is -2.19. The van der Waals surface area contributed by atoms with Crippen molar-refractivity contribution in [3.8, 4) is 12.3 Å². The Bertz CT molecular complexity index is 820. The van der Waals surface area contributed by atoms with Crippen molar-refractivity contribution in [2.45, 2.75) is 30.7 Å². The van der Waals surface area contributed by atoms with Crippen molar-refractivity contribution >= 4 is 10.1 Å². The molecule has 3 rings (SSSR count). The molecule has 24 heavy (non-hydrogen) atoms. The highest BCUT2D eigenvalue weighted by molar-refractivity contribution is 7.85. The molecule has 5 heteroatoms. The van der Waals surface area contributed by atoms with Gasteiger partial charge in [0.05, 0.1) is 11.4 Å². The van der Waals surface area contributed by atoms with Crippen molar-refractivity contribution in [2.75, 3.05) is 6.54 Å². The quantitative estimate of drug-likeness (QED) is 0.664. The molecular formula is C19H21NO3S. The van der Waals surface area contributed by atoms with Crippen LogP contribution >= 0.6 is 0 Å². The van der Waals surface area contributed by atoms with Gasteiger partial charge in [-0.2, -0.15) is 8.42 Å². The van der Waals surface area contributed by atoms with Gasteiger partial charge in [0.1, 0.15) is 0 Å². The third-order valence-corrected chi connectivity index (χ3v) is 4.77. The van der Waals surface area contributed by atoms with E-state index in [0.29, 0.717) is 12.6 Å². The van der Waals surface area contributed by atoms with Crippen LogP contribution < -0.4 is 5.32 Å². The van der Waals surface area contributed by atoms with Gasteiger partial charge in [0, 0.05) is 6.04 Å². The molecule has 1 aliphatic rings. The van der Waals surface area contributed by atoms with Crippen LogP contribution in [-0.2, 0) is 16.5 Å². The molecule has 1 atom stereocenters. The van der Waals surface area contributed by atoms with Gasteiger partial charge in [-0.3, -0.25) is 9.87 Å². The number of rotatable bonds is 3. The molecule has 0 bridgehead atoms. The van der Waals surface area contributed by atoms with Crippen molar-refractivity contribution < 1.29 is 13.0 Å². The minimum absolute atomic E-state index is 0.0666. The molecule has 0 radical (unpaired) electrons. The first-order valence-electron chi connectivity index (χ1n) is 7.70. The maximum atomic E-state index is 10.5. The smallest absolute Gasteiger partial charge is 0.294 e. The summed E-state index contributed by atoms with van der Waals surface area (Å²) in [6.45, 7) is 2.51. The Morgan fingerprint density at radius 3 is 2.50 bits per heavy atom. The van der Waals surface area contributed by atoms with Crippen molar-refractivity contribution in [3.63, 3.8) is 0 Å². The van der Waals surface area contributed by atoms with Crippen molar-refractivity contribution in [2.24, 2.45) is 0 Å². The molecule has 2 N–H and O–H groups in total.